The Morgan fingerprint density at radius 1 is 0.885 bits per heavy atom. The van der Waals surface area contributed by atoms with E-state index in [4.69, 9.17) is 0 Å². The number of piperidine rings is 1. The number of hydrogen-bond donors (Lipinski definition) is 0. The highest BCUT2D eigenvalue weighted by Gasteiger charge is 2.12. The van der Waals surface area contributed by atoms with Crippen LogP contribution in [-0.2, 0) is 0 Å². The summed E-state index contributed by atoms with van der Waals surface area (Å²) in [6, 6.07) is 19.6. The molecule has 1 nitrogen and oxygen atoms in total. The second-order valence-electron chi connectivity index (χ2n) is 6.80. The zero-order valence-corrected chi connectivity index (χ0v) is 16.7. The average Bonchev–Trinajstić information content (AvgIpc) is 3.05. The van der Waals surface area contributed by atoms with Gasteiger partial charge in [-0.1, -0.05) is 61.0 Å². The number of fused-ring (bicyclic) bond motifs is 1. The van der Waals surface area contributed by atoms with Crippen molar-refractivity contribution in [1.29, 1.82) is 0 Å². The Balaban J connectivity index is 0.00000196. The SMILES string of the molecule is C(=C\c1sc2ccccc2c1-c1ccccc1)/CCN1CCCCC1.Cl. The molecule has 0 spiro atoms. The van der Waals surface area contributed by atoms with Crippen molar-refractivity contribution in [3.05, 3.63) is 65.6 Å². The van der Waals surface area contributed by atoms with Gasteiger partial charge in [0.15, 0.2) is 0 Å². The minimum atomic E-state index is 0. The molecule has 0 unspecified atom stereocenters. The van der Waals surface area contributed by atoms with E-state index in [9.17, 15) is 0 Å². The Morgan fingerprint density at radius 3 is 2.42 bits per heavy atom. The molecule has 0 bridgehead atoms. The molecule has 1 aromatic heterocycles. The summed E-state index contributed by atoms with van der Waals surface area (Å²) in [6.45, 7) is 3.76. The summed E-state index contributed by atoms with van der Waals surface area (Å²) in [5.41, 5.74) is 2.70. The minimum absolute atomic E-state index is 0. The van der Waals surface area contributed by atoms with E-state index >= 15 is 0 Å². The fraction of sp³-hybridized carbons (Fsp3) is 0.304. The first-order chi connectivity index (χ1) is 12.4. The first-order valence-corrected chi connectivity index (χ1v) is 10.2. The number of nitrogens with zero attached hydrogens (tertiary/aromatic N) is 1. The van der Waals surface area contributed by atoms with Crippen LogP contribution < -0.4 is 0 Å². The van der Waals surface area contributed by atoms with Crippen LogP contribution in [0.3, 0.4) is 0 Å². The van der Waals surface area contributed by atoms with Crippen molar-refractivity contribution in [2.45, 2.75) is 25.7 Å². The Bertz CT molecular complexity index is 847. The largest absolute Gasteiger partial charge is 0.303 e. The predicted molar refractivity (Wildman–Crippen MR) is 118 cm³/mol. The summed E-state index contributed by atoms with van der Waals surface area (Å²) in [5.74, 6) is 0. The predicted octanol–water partition coefficient (Wildman–Crippen LogP) is 6.88. The fourth-order valence-electron chi connectivity index (χ4n) is 3.71. The molecule has 4 rings (SSSR count). The van der Waals surface area contributed by atoms with Crippen molar-refractivity contribution in [3.8, 4) is 11.1 Å². The van der Waals surface area contributed by atoms with E-state index in [1.807, 2.05) is 11.3 Å². The highest BCUT2D eigenvalue weighted by Crippen LogP contribution is 2.39. The summed E-state index contributed by atoms with van der Waals surface area (Å²) in [5, 5.41) is 1.37. The molecule has 2 heterocycles. The summed E-state index contributed by atoms with van der Waals surface area (Å²) in [6.07, 6.45) is 10.0. The summed E-state index contributed by atoms with van der Waals surface area (Å²) in [7, 11) is 0. The highest BCUT2D eigenvalue weighted by molar-refractivity contribution is 7.20. The molecular weight excluding hydrogens is 358 g/mol. The molecule has 0 amide bonds. The van der Waals surface area contributed by atoms with Crippen LogP contribution in [0.25, 0.3) is 27.3 Å². The van der Waals surface area contributed by atoms with Gasteiger partial charge >= 0.3 is 0 Å². The molecular formula is C23H26ClNS. The number of hydrogen-bond acceptors (Lipinski definition) is 2. The van der Waals surface area contributed by atoms with E-state index in [0.29, 0.717) is 0 Å². The lowest BCUT2D eigenvalue weighted by atomic mass is 10.0. The highest BCUT2D eigenvalue weighted by atomic mass is 35.5. The van der Waals surface area contributed by atoms with Crippen LogP contribution in [-0.4, -0.2) is 24.5 Å². The normalized spacial score (nSPS) is 15.4. The number of benzene rings is 2. The van der Waals surface area contributed by atoms with Crippen LogP contribution in [0.2, 0.25) is 0 Å². The third kappa shape index (κ3) is 4.37. The maximum absolute atomic E-state index is 2.61. The molecule has 1 aliphatic heterocycles. The van der Waals surface area contributed by atoms with Crippen LogP contribution in [0.1, 0.15) is 30.6 Å². The lowest BCUT2D eigenvalue weighted by Gasteiger charge is -2.25. The maximum Gasteiger partial charge on any atom is 0.0358 e. The lowest BCUT2D eigenvalue weighted by molar-refractivity contribution is 0.233. The van der Waals surface area contributed by atoms with Gasteiger partial charge in [0.1, 0.15) is 0 Å². The zero-order chi connectivity index (χ0) is 16.9. The Labute approximate surface area is 166 Å². The van der Waals surface area contributed by atoms with Crippen molar-refractivity contribution >= 4 is 39.9 Å². The fourth-order valence-corrected chi connectivity index (χ4v) is 4.87. The van der Waals surface area contributed by atoms with Crippen molar-refractivity contribution in [2.75, 3.05) is 19.6 Å². The topological polar surface area (TPSA) is 3.24 Å². The van der Waals surface area contributed by atoms with Gasteiger partial charge in [-0.3, -0.25) is 0 Å². The van der Waals surface area contributed by atoms with Crippen molar-refractivity contribution in [3.63, 3.8) is 0 Å². The second kappa shape index (κ2) is 9.36. The van der Waals surface area contributed by atoms with Crippen LogP contribution in [0.4, 0.5) is 0 Å². The van der Waals surface area contributed by atoms with Gasteiger partial charge in [-0.15, -0.1) is 23.7 Å². The lowest BCUT2D eigenvalue weighted by Crippen LogP contribution is -2.30. The minimum Gasteiger partial charge on any atom is -0.303 e. The van der Waals surface area contributed by atoms with E-state index in [1.54, 1.807) is 0 Å². The molecule has 3 aromatic rings. The Kier molecular flexibility index (Phi) is 6.90. The molecule has 2 aromatic carbocycles. The molecule has 1 saturated heterocycles. The third-order valence-electron chi connectivity index (χ3n) is 5.02. The molecule has 1 aliphatic rings. The molecule has 0 saturated carbocycles. The zero-order valence-electron chi connectivity index (χ0n) is 15.1. The molecule has 3 heteroatoms. The quantitative estimate of drug-likeness (QED) is 0.464. The van der Waals surface area contributed by atoms with E-state index in [2.05, 4.69) is 71.6 Å². The van der Waals surface area contributed by atoms with E-state index < -0.39 is 0 Å². The average molecular weight is 384 g/mol. The Hall–Kier alpha value is -1.61. The Morgan fingerprint density at radius 2 is 1.62 bits per heavy atom. The summed E-state index contributed by atoms with van der Waals surface area (Å²) >= 11 is 1.90. The van der Waals surface area contributed by atoms with Crippen LogP contribution in [0, 0.1) is 0 Å². The smallest absolute Gasteiger partial charge is 0.0358 e. The van der Waals surface area contributed by atoms with Gasteiger partial charge in [-0.05, 0) is 50.1 Å². The van der Waals surface area contributed by atoms with Crippen LogP contribution in [0.5, 0.6) is 0 Å². The number of likely N-dealkylation sites (tertiary alicyclic amines) is 1. The molecule has 0 N–H and O–H groups in total. The summed E-state index contributed by atoms with van der Waals surface area (Å²) < 4.78 is 1.37. The number of halogens is 1. The molecule has 26 heavy (non-hydrogen) atoms. The van der Waals surface area contributed by atoms with Crippen molar-refractivity contribution < 1.29 is 0 Å². The third-order valence-corrected chi connectivity index (χ3v) is 6.15. The van der Waals surface area contributed by atoms with E-state index in [0.717, 1.165) is 6.42 Å². The molecule has 0 aliphatic carbocycles. The molecule has 136 valence electrons. The molecule has 1 fully saturated rings. The van der Waals surface area contributed by atoms with E-state index in [1.165, 1.54) is 65.0 Å². The maximum atomic E-state index is 2.61. The van der Waals surface area contributed by atoms with Gasteiger partial charge in [0.2, 0.25) is 0 Å². The van der Waals surface area contributed by atoms with Crippen LogP contribution >= 0.6 is 23.7 Å². The first kappa shape index (κ1) is 19.2. The van der Waals surface area contributed by atoms with Gasteiger partial charge in [0, 0.05) is 27.1 Å². The van der Waals surface area contributed by atoms with Gasteiger partial charge in [-0.25, -0.2) is 0 Å². The van der Waals surface area contributed by atoms with Gasteiger partial charge in [0.25, 0.3) is 0 Å². The first-order valence-electron chi connectivity index (χ1n) is 9.38. The van der Waals surface area contributed by atoms with Crippen molar-refractivity contribution in [1.82, 2.24) is 4.90 Å². The molecule has 0 atom stereocenters. The van der Waals surface area contributed by atoms with Gasteiger partial charge < -0.3 is 4.90 Å². The monoisotopic (exact) mass is 383 g/mol. The number of thiophene rings is 1. The number of rotatable bonds is 5. The summed E-state index contributed by atoms with van der Waals surface area (Å²) in [4.78, 5) is 3.99. The van der Waals surface area contributed by atoms with Gasteiger partial charge in [0.05, 0.1) is 0 Å². The second-order valence-corrected chi connectivity index (χ2v) is 7.88. The van der Waals surface area contributed by atoms with Crippen LogP contribution in [0.15, 0.2) is 60.7 Å². The molecule has 0 radical (unpaired) electrons. The van der Waals surface area contributed by atoms with Crippen molar-refractivity contribution in [2.24, 2.45) is 0 Å². The standard InChI is InChI=1S/C23H25NS.ClH/c1-3-11-19(12-4-1)23-20-13-5-6-14-21(20)25-22(23)15-7-10-18-24-16-8-2-9-17-24;/h1,3-7,11-15H,2,8-10,16-18H2;1H/b15-7+;. The van der Waals surface area contributed by atoms with E-state index in [-0.39, 0.29) is 12.4 Å². The van der Waals surface area contributed by atoms with Gasteiger partial charge in [-0.2, -0.15) is 0 Å².